The molecule has 17 heavy (non-hydrogen) atoms. The summed E-state index contributed by atoms with van der Waals surface area (Å²) >= 11 is 1.43. The van der Waals surface area contributed by atoms with Crippen molar-refractivity contribution in [1.29, 1.82) is 0 Å². The molecule has 1 atom stereocenters. The summed E-state index contributed by atoms with van der Waals surface area (Å²) < 4.78 is 0. The second-order valence-corrected chi connectivity index (χ2v) is 5.89. The lowest BCUT2D eigenvalue weighted by molar-refractivity contribution is -0.131. The molecule has 0 spiro atoms. The van der Waals surface area contributed by atoms with Crippen molar-refractivity contribution in [2.45, 2.75) is 37.1 Å². The van der Waals surface area contributed by atoms with Crippen molar-refractivity contribution >= 4 is 17.7 Å². The van der Waals surface area contributed by atoms with Gasteiger partial charge in [0.05, 0.1) is 5.25 Å². The van der Waals surface area contributed by atoms with Crippen LogP contribution in [0.25, 0.3) is 0 Å². The van der Waals surface area contributed by atoms with Crippen molar-refractivity contribution in [3.63, 3.8) is 0 Å². The van der Waals surface area contributed by atoms with Gasteiger partial charge in [0.2, 0.25) is 5.91 Å². The molecule has 0 bridgehead atoms. The van der Waals surface area contributed by atoms with E-state index >= 15 is 0 Å². The third kappa shape index (κ3) is 3.21. The molecule has 2 heterocycles. The Labute approximate surface area is 105 Å². The van der Waals surface area contributed by atoms with E-state index in [1.54, 1.807) is 0 Å². The molecule has 1 aromatic heterocycles. The van der Waals surface area contributed by atoms with Gasteiger partial charge in [-0.25, -0.2) is 4.98 Å². The fraction of sp³-hybridized carbons (Fsp3) is 0.727. The predicted molar refractivity (Wildman–Crippen MR) is 66.7 cm³/mol. The van der Waals surface area contributed by atoms with Gasteiger partial charge in [-0.2, -0.15) is 5.10 Å². The van der Waals surface area contributed by atoms with Crippen LogP contribution in [0.2, 0.25) is 0 Å². The fourth-order valence-corrected chi connectivity index (χ4v) is 2.75. The Balaban J connectivity index is 1.86. The maximum Gasteiger partial charge on any atom is 0.235 e. The smallest absolute Gasteiger partial charge is 0.235 e. The Morgan fingerprint density at radius 1 is 1.59 bits per heavy atom. The van der Waals surface area contributed by atoms with E-state index in [-0.39, 0.29) is 11.2 Å². The number of H-pyrrole nitrogens is 1. The quantitative estimate of drug-likeness (QED) is 0.831. The van der Waals surface area contributed by atoms with E-state index in [2.05, 4.69) is 22.1 Å². The van der Waals surface area contributed by atoms with Crippen molar-refractivity contribution in [3.8, 4) is 0 Å². The highest BCUT2D eigenvalue weighted by Crippen LogP contribution is 2.23. The largest absolute Gasteiger partial charge is 0.342 e. The van der Waals surface area contributed by atoms with Crippen LogP contribution in [0.4, 0.5) is 0 Å². The Hall–Kier alpha value is -1.04. The van der Waals surface area contributed by atoms with Crippen molar-refractivity contribution in [1.82, 2.24) is 20.1 Å². The zero-order chi connectivity index (χ0) is 12.3. The van der Waals surface area contributed by atoms with Gasteiger partial charge < -0.3 is 4.90 Å². The topological polar surface area (TPSA) is 61.9 Å². The molecule has 94 valence electrons. The number of carbonyl (C=O) groups is 1. The lowest BCUT2D eigenvalue weighted by Gasteiger charge is -2.31. The number of nitrogens with one attached hydrogen (secondary N) is 1. The van der Waals surface area contributed by atoms with Gasteiger partial charge in [-0.05, 0) is 25.7 Å². The van der Waals surface area contributed by atoms with Gasteiger partial charge in [-0.15, -0.1) is 0 Å². The normalized spacial score (nSPS) is 19.3. The van der Waals surface area contributed by atoms with Crippen molar-refractivity contribution in [2.24, 2.45) is 5.92 Å². The van der Waals surface area contributed by atoms with Gasteiger partial charge in [0.25, 0.3) is 0 Å². The molecular formula is C11H18N4OS. The lowest BCUT2D eigenvalue weighted by Crippen LogP contribution is -2.41. The van der Waals surface area contributed by atoms with Gasteiger partial charge in [0, 0.05) is 13.1 Å². The molecule has 2 rings (SSSR count). The number of likely N-dealkylation sites (tertiary alicyclic amines) is 1. The molecule has 1 N–H and O–H groups in total. The number of hydrogen-bond acceptors (Lipinski definition) is 4. The molecule has 0 saturated carbocycles. The van der Waals surface area contributed by atoms with Crippen LogP contribution in [0.3, 0.4) is 0 Å². The second-order valence-electron chi connectivity index (χ2n) is 4.56. The zero-order valence-corrected chi connectivity index (χ0v) is 11.0. The summed E-state index contributed by atoms with van der Waals surface area (Å²) in [6, 6.07) is 0. The molecule has 1 saturated heterocycles. The van der Waals surface area contributed by atoms with E-state index in [1.807, 2.05) is 11.8 Å². The van der Waals surface area contributed by atoms with Gasteiger partial charge in [0.15, 0.2) is 5.16 Å². The highest BCUT2D eigenvalue weighted by atomic mass is 32.2. The Kier molecular flexibility index (Phi) is 4.04. The molecule has 6 heteroatoms. The maximum absolute atomic E-state index is 12.2. The number of thioether (sulfide) groups is 1. The summed E-state index contributed by atoms with van der Waals surface area (Å²) in [5.74, 6) is 0.953. The van der Waals surface area contributed by atoms with E-state index in [9.17, 15) is 4.79 Å². The van der Waals surface area contributed by atoms with Crippen LogP contribution in [-0.4, -0.2) is 44.3 Å². The van der Waals surface area contributed by atoms with Crippen molar-refractivity contribution in [3.05, 3.63) is 6.33 Å². The average Bonchev–Trinajstić information content (AvgIpc) is 2.82. The minimum atomic E-state index is -0.101. The van der Waals surface area contributed by atoms with Crippen LogP contribution < -0.4 is 0 Å². The number of amides is 1. The summed E-state index contributed by atoms with van der Waals surface area (Å²) in [6.07, 6.45) is 3.69. The van der Waals surface area contributed by atoms with Gasteiger partial charge >= 0.3 is 0 Å². The molecule has 1 fully saturated rings. The van der Waals surface area contributed by atoms with Crippen LogP contribution >= 0.6 is 11.8 Å². The summed E-state index contributed by atoms with van der Waals surface area (Å²) in [5.41, 5.74) is 0. The first-order valence-corrected chi connectivity index (χ1v) is 6.85. The van der Waals surface area contributed by atoms with Crippen LogP contribution in [0.15, 0.2) is 11.5 Å². The number of rotatable bonds is 3. The first-order valence-electron chi connectivity index (χ1n) is 5.97. The van der Waals surface area contributed by atoms with Crippen LogP contribution in [0, 0.1) is 5.92 Å². The van der Waals surface area contributed by atoms with Crippen LogP contribution in [-0.2, 0) is 4.79 Å². The molecule has 0 aliphatic carbocycles. The first-order chi connectivity index (χ1) is 8.16. The van der Waals surface area contributed by atoms with E-state index in [0.29, 0.717) is 5.16 Å². The molecule has 0 unspecified atom stereocenters. The Morgan fingerprint density at radius 2 is 2.29 bits per heavy atom. The minimum Gasteiger partial charge on any atom is -0.342 e. The molecule has 5 nitrogen and oxygen atoms in total. The molecule has 1 aliphatic heterocycles. The summed E-state index contributed by atoms with van der Waals surface area (Å²) in [6.45, 7) is 5.95. The van der Waals surface area contributed by atoms with Crippen molar-refractivity contribution < 1.29 is 4.79 Å². The zero-order valence-electron chi connectivity index (χ0n) is 10.2. The van der Waals surface area contributed by atoms with Crippen LogP contribution in [0.5, 0.6) is 0 Å². The highest BCUT2D eigenvalue weighted by Gasteiger charge is 2.25. The van der Waals surface area contributed by atoms with Crippen molar-refractivity contribution in [2.75, 3.05) is 13.1 Å². The van der Waals surface area contributed by atoms with Gasteiger partial charge in [-0.1, -0.05) is 18.7 Å². The molecule has 1 aromatic rings. The summed E-state index contributed by atoms with van der Waals surface area (Å²) in [7, 11) is 0. The number of hydrogen-bond donors (Lipinski definition) is 1. The monoisotopic (exact) mass is 254 g/mol. The Bertz CT molecular complexity index is 360. The van der Waals surface area contributed by atoms with Gasteiger partial charge in [-0.3, -0.25) is 9.89 Å². The first kappa shape index (κ1) is 12.4. The summed E-state index contributed by atoms with van der Waals surface area (Å²) in [4.78, 5) is 18.2. The molecule has 0 radical (unpaired) electrons. The number of carbonyl (C=O) groups excluding carboxylic acids is 1. The minimum absolute atomic E-state index is 0.101. The van der Waals surface area contributed by atoms with Gasteiger partial charge in [0.1, 0.15) is 6.33 Å². The Morgan fingerprint density at radius 3 is 2.88 bits per heavy atom. The number of aromatic nitrogens is 3. The predicted octanol–water partition coefficient (Wildman–Crippen LogP) is 1.54. The van der Waals surface area contributed by atoms with E-state index in [0.717, 1.165) is 31.8 Å². The highest BCUT2D eigenvalue weighted by molar-refractivity contribution is 8.00. The maximum atomic E-state index is 12.2. The lowest BCUT2D eigenvalue weighted by atomic mass is 9.99. The molecule has 0 aromatic carbocycles. The second kappa shape index (κ2) is 5.53. The van der Waals surface area contributed by atoms with Crippen LogP contribution in [0.1, 0.15) is 26.7 Å². The number of aromatic amines is 1. The third-order valence-electron chi connectivity index (χ3n) is 3.12. The average molecular weight is 254 g/mol. The standard InChI is InChI=1S/C11H18N4OS/c1-8-3-5-15(6-4-8)10(16)9(2)17-11-12-7-13-14-11/h7-9H,3-6H2,1-2H3,(H,12,13,14)/t9-/m1/s1. The van der Waals surface area contributed by atoms with E-state index < -0.39 is 0 Å². The number of nitrogens with zero attached hydrogens (tertiary/aromatic N) is 3. The molecule has 1 amide bonds. The SMILES string of the molecule is CC1CCN(C(=O)[C@@H](C)Sc2ncn[nH]2)CC1. The molecular weight excluding hydrogens is 236 g/mol. The number of piperidine rings is 1. The fourth-order valence-electron chi connectivity index (χ4n) is 1.95. The van der Waals surface area contributed by atoms with E-state index in [4.69, 9.17) is 0 Å². The third-order valence-corrected chi connectivity index (χ3v) is 4.10. The summed E-state index contributed by atoms with van der Waals surface area (Å²) in [5, 5.41) is 7.14. The van der Waals surface area contributed by atoms with E-state index in [1.165, 1.54) is 18.1 Å². The molecule has 1 aliphatic rings.